The molecule has 1 rings (SSSR count). The molecule has 0 aliphatic carbocycles. The van der Waals surface area contributed by atoms with E-state index in [0.29, 0.717) is 5.82 Å². The number of allylic oxidation sites excluding steroid dienone is 1. The van der Waals surface area contributed by atoms with E-state index in [4.69, 9.17) is 5.26 Å². The van der Waals surface area contributed by atoms with E-state index < -0.39 is 0 Å². The summed E-state index contributed by atoms with van der Waals surface area (Å²) in [4.78, 5) is 3.86. The van der Waals surface area contributed by atoms with Crippen molar-refractivity contribution in [1.82, 2.24) is 9.55 Å². The highest BCUT2D eigenvalue weighted by Gasteiger charge is 2.04. The van der Waals surface area contributed by atoms with Crippen LogP contribution in [-0.4, -0.2) is 9.55 Å². The summed E-state index contributed by atoms with van der Waals surface area (Å²) in [6, 6.07) is 2.13. The van der Waals surface area contributed by atoms with Gasteiger partial charge in [-0.25, -0.2) is 4.98 Å². The molecule has 3 heteroatoms. The first-order valence-corrected chi connectivity index (χ1v) is 3.35. The molecule has 1 aromatic rings. The molecule has 0 bridgehead atoms. The molecule has 0 aliphatic rings. The van der Waals surface area contributed by atoms with E-state index >= 15 is 0 Å². The van der Waals surface area contributed by atoms with Gasteiger partial charge in [-0.05, 0) is 6.92 Å². The molecule has 0 aliphatic heterocycles. The number of hydrogen-bond donors (Lipinski definition) is 0. The number of aromatic nitrogens is 2. The first-order valence-electron chi connectivity index (χ1n) is 3.35. The van der Waals surface area contributed by atoms with Crippen molar-refractivity contribution < 1.29 is 0 Å². The van der Waals surface area contributed by atoms with Crippen LogP contribution < -0.4 is 0 Å². The van der Waals surface area contributed by atoms with E-state index in [2.05, 4.69) is 11.6 Å². The van der Waals surface area contributed by atoms with Crippen LogP contribution in [0, 0.1) is 11.3 Å². The number of nitrogens with zero attached hydrogens (tertiary/aromatic N) is 3. The van der Waals surface area contributed by atoms with Crippen molar-refractivity contribution in [2.75, 3.05) is 0 Å². The molecule has 1 aromatic heterocycles. The number of hydrogen-bond acceptors (Lipinski definition) is 2. The predicted octanol–water partition coefficient (Wildman–Crippen LogP) is 1.50. The smallest absolute Gasteiger partial charge is 0.213 e. The Bertz CT molecular complexity index is 293. The fourth-order valence-electron chi connectivity index (χ4n) is 0.842. The molecule has 1 atom stereocenters. The molecule has 0 saturated heterocycles. The largest absolute Gasteiger partial charge is 0.316 e. The quantitative estimate of drug-likeness (QED) is 0.595. The van der Waals surface area contributed by atoms with E-state index in [1.54, 1.807) is 23.0 Å². The van der Waals surface area contributed by atoms with Crippen LogP contribution in [0.3, 0.4) is 0 Å². The standard InChI is InChI=1S/C8H9N3/c1-3-7(2)11-5-4-10-8(11)6-9/h3-5,7H,1H2,2H3. The van der Waals surface area contributed by atoms with E-state index in [0.717, 1.165) is 0 Å². The minimum Gasteiger partial charge on any atom is -0.316 e. The van der Waals surface area contributed by atoms with E-state index in [1.807, 2.05) is 13.0 Å². The van der Waals surface area contributed by atoms with Crippen molar-refractivity contribution in [3.8, 4) is 6.07 Å². The van der Waals surface area contributed by atoms with Gasteiger partial charge in [-0.2, -0.15) is 5.26 Å². The summed E-state index contributed by atoms with van der Waals surface area (Å²) < 4.78 is 1.77. The topological polar surface area (TPSA) is 41.6 Å². The predicted molar refractivity (Wildman–Crippen MR) is 41.9 cm³/mol. The molecule has 0 aromatic carbocycles. The Balaban J connectivity index is 3.04. The second-order valence-corrected chi connectivity index (χ2v) is 2.25. The Hall–Kier alpha value is -1.56. The lowest BCUT2D eigenvalue weighted by Gasteiger charge is -2.06. The lowest BCUT2D eigenvalue weighted by atomic mass is 10.3. The van der Waals surface area contributed by atoms with Gasteiger partial charge in [-0.3, -0.25) is 0 Å². The highest BCUT2D eigenvalue weighted by atomic mass is 15.1. The summed E-state index contributed by atoms with van der Waals surface area (Å²) in [5.74, 6) is 0.428. The lowest BCUT2D eigenvalue weighted by molar-refractivity contribution is 0.652. The highest BCUT2D eigenvalue weighted by Crippen LogP contribution is 2.08. The molecular weight excluding hydrogens is 138 g/mol. The fourth-order valence-corrected chi connectivity index (χ4v) is 0.842. The Morgan fingerprint density at radius 1 is 1.91 bits per heavy atom. The molecule has 56 valence electrons. The number of rotatable bonds is 2. The minimum absolute atomic E-state index is 0.132. The van der Waals surface area contributed by atoms with Crippen LogP contribution in [0.5, 0.6) is 0 Å². The third kappa shape index (κ3) is 1.30. The number of nitriles is 1. The molecule has 0 N–H and O–H groups in total. The molecular formula is C8H9N3. The molecule has 0 saturated carbocycles. The van der Waals surface area contributed by atoms with Crippen LogP contribution in [-0.2, 0) is 0 Å². The molecule has 1 unspecified atom stereocenters. The average Bonchev–Trinajstić information content (AvgIpc) is 2.50. The van der Waals surface area contributed by atoms with Gasteiger partial charge in [-0.15, -0.1) is 6.58 Å². The van der Waals surface area contributed by atoms with Crippen molar-refractivity contribution in [3.63, 3.8) is 0 Å². The van der Waals surface area contributed by atoms with Crippen molar-refractivity contribution in [2.45, 2.75) is 13.0 Å². The molecule has 1 heterocycles. The summed E-state index contributed by atoms with van der Waals surface area (Å²) in [5.41, 5.74) is 0. The Morgan fingerprint density at radius 3 is 3.18 bits per heavy atom. The van der Waals surface area contributed by atoms with Gasteiger partial charge in [-0.1, -0.05) is 6.08 Å². The zero-order chi connectivity index (χ0) is 8.27. The minimum atomic E-state index is 0.132. The van der Waals surface area contributed by atoms with Crippen molar-refractivity contribution in [3.05, 3.63) is 30.9 Å². The summed E-state index contributed by atoms with van der Waals surface area (Å²) in [7, 11) is 0. The molecule has 0 amide bonds. The highest BCUT2D eigenvalue weighted by molar-refractivity contribution is 5.13. The zero-order valence-corrected chi connectivity index (χ0v) is 6.36. The van der Waals surface area contributed by atoms with Crippen LogP contribution in [0.2, 0.25) is 0 Å². The third-order valence-electron chi connectivity index (χ3n) is 1.55. The summed E-state index contributed by atoms with van der Waals surface area (Å²) in [6.07, 6.45) is 5.14. The Kier molecular flexibility index (Phi) is 2.07. The molecule has 0 fully saturated rings. The molecule has 11 heavy (non-hydrogen) atoms. The molecule has 0 spiro atoms. The van der Waals surface area contributed by atoms with Gasteiger partial charge in [0.25, 0.3) is 0 Å². The monoisotopic (exact) mass is 147 g/mol. The second-order valence-electron chi connectivity index (χ2n) is 2.25. The summed E-state index contributed by atoms with van der Waals surface area (Å²) in [6.45, 7) is 5.59. The SMILES string of the molecule is C=CC(C)n1ccnc1C#N. The van der Waals surface area contributed by atoms with Crippen molar-refractivity contribution in [1.29, 1.82) is 5.26 Å². The fraction of sp³-hybridized carbons (Fsp3) is 0.250. The van der Waals surface area contributed by atoms with Crippen molar-refractivity contribution in [2.24, 2.45) is 0 Å². The maximum absolute atomic E-state index is 8.58. The summed E-state index contributed by atoms with van der Waals surface area (Å²) >= 11 is 0. The molecule has 3 nitrogen and oxygen atoms in total. The van der Waals surface area contributed by atoms with Crippen LogP contribution >= 0.6 is 0 Å². The van der Waals surface area contributed by atoms with Gasteiger partial charge in [0.15, 0.2) is 0 Å². The molecule has 0 radical (unpaired) electrons. The lowest BCUT2D eigenvalue weighted by Crippen LogP contribution is -2.02. The Labute approximate surface area is 65.6 Å². The number of imidazole rings is 1. The normalized spacial score (nSPS) is 12.0. The van der Waals surface area contributed by atoms with Gasteiger partial charge in [0.2, 0.25) is 5.82 Å². The van der Waals surface area contributed by atoms with Gasteiger partial charge in [0, 0.05) is 12.4 Å². The first-order chi connectivity index (χ1) is 5.29. The van der Waals surface area contributed by atoms with Gasteiger partial charge in [0.1, 0.15) is 6.07 Å². The van der Waals surface area contributed by atoms with Gasteiger partial charge in [0.05, 0.1) is 6.04 Å². The maximum atomic E-state index is 8.58. The average molecular weight is 147 g/mol. The van der Waals surface area contributed by atoms with Crippen LogP contribution in [0.4, 0.5) is 0 Å². The van der Waals surface area contributed by atoms with Gasteiger partial charge < -0.3 is 4.57 Å². The van der Waals surface area contributed by atoms with Gasteiger partial charge >= 0.3 is 0 Å². The summed E-state index contributed by atoms with van der Waals surface area (Å²) in [5, 5.41) is 8.58. The first kappa shape index (κ1) is 7.55. The Morgan fingerprint density at radius 2 is 2.64 bits per heavy atom. The van der Waals surface area contributed by atoms with Crippen LogP contribution in [0.1, 0.15) is 18.8 Å². The maximum Gasteiger partial charge on any atom is 0.213 e. The van der Waals surface area contributed by atoms with Crippen LogP contribution in [0.15, 0.2) is 25.0 Å². The van der Waals surface area contributed by atoms with E-state index in [-0.39, 0.29) is 6.04 Å². The second kappa shape index (κ2) is 3.02. The van der Waals surface area contributed by atoms with E-state index in [1.165, 1.54) is 0 Å². The zero-order valence-electron chi connectivity index (χ0n) is 6.36. The van der Waals surface area contributed by atoms with E-state index in [9.17, 15) is 0 Å². The van der Waals surface area contributed by atoms with Crippen molar-refractivity contribution >= 4 is 0 Å². The third-order valence-corrected chi connectivity index (χ3v) is 1.55. The van der Waals surface area contributed by atoms with Crippen LogP contribution in [0.25, 0.3) is 0 Å².